The number of aromatic nitrogens is 3. The molecule has 0 aliphatic rings. The van der Waals surface area contributed by atoms with Gasteiger partial charge in [-0.1, -0.05) is 11.6 Å². The summed E-state index contributed by atoms with van der Waals surface area (Å²) < 4.78 is 0.761. The van der Waals surface area contributed by atoms with Gasteiger partial charge in [-0.2, -0.15) is 5.10 Å². The van der Waals surface area contributed by atoms with E-state index < -0.39 is 0 Å². The predicted molar refractivity (Wildman–Crippen MR) is 72.4 cm³/mol. The number of nitrogens with zero attached hydrogens (tertiary/aromatic N) is 2. The number of nitrogens with one attached hydrogen (secondary N) is 1. The van der Waals surface area contributed by atoms with E-state index in [1.165, 1.54) is 22.7 Å². The first-order valence-electron chi connectivity index (χ1n) is 4.73. The van der Waals surface area contributed by atoms with Crippen LogP contribution in [0.2, 0.25) is 4.34 Å². The van der Waals surface area contributed by atoms with Crippen molar-refractivity contribution in [2.75, 3.05) is 5.73 Å². The van der Waals surface area contributed by atoms with E-state index in [1.54, 1.807) is 6.20 Å². The minimum Gasteiger partial charge on any atom is -0.383 e. The summed E-state index contributed by atoms with van der Waals surface area (Å²) in [7, 11) is 0. The van der Waals surface area contributed by atoms with Crippen LogP contribution >= 0.6 is 34.3 Å². The van der Waals surface area contributed by atoms with Crippen molar-refractivity contribution in [1.29, 1.82) is 0 Å². The van der Waals surface area contributed by atoms with Crippen LogP contribution in [0.3, 0.4) is 0 Å². The highest BCUT2D eigenvalue weighted by Gasteiger charge is 2.11. The normalized spacial score (nSPS) is 10.9. The van der Waals surface area contributed by atoms with E-state index in [1.807, 2.05) is 16.8 Å². The van der Waals surface area contributed by atoms with Crippen molar-refractivity contribution in [2.45, 2.75) is 0 Å². The molecule has 4 nitrogen and oxygen atoms in total. The van der Waals surface area contributed by atoms with Gasteiger partial charge in [-0.25, -0.2) is 4.98 Å². The average Bonchev–Trinajstić information content (AvgIpc) is 2.97. The molecule has 0 aliphatic carbocycles. The maximum Gasteiger partial charge on any atom is 0.129 e. The third-order valence-corrected chi connectivity index (χ3v) is 4.23. The van der Waals surface area contributed by atoms with Crippen LogP contribution < -0.4 is 5.73 Å². The van der Waals surface area contributed by atoms with Crippen LogP contribution in [-0.4, -0.2) is 15.2 Å². The van der Waals surface area contributed by atoms with Gasteiger partial charge >= 0.3 is 0 Å². The number of thiophene rings is 1. The largest absolute Gasteiger partial charge is 0.383 e. The number of H-pyrrole nitrogens is 1. The van der Waals surface area contributed by atoms with Gasteiger partial charge in [0.15, 0.2) is 0 Å². The van der Waals surface area contributed by atoms with Crippen molar-refractivity contribution in [2.24, 2.45) is 0 Å². The van der Waals surface area contributed by atoms with Crippen molar-refractivity contribution in [3.63, 3.8) is 0 Å². The van der Waals surface area contributed by atoms with E-state index in [2.05, 4.69) is 15.2 Å². The lowest BCUT2D eigenvalue weighted by molar-refractivity contribution is 1.10. The van der Waals surface area contributed by atoms with Gasteiger partial charge in [-0.15, -0.1) is 22.7 Å². The SMILES string of the molecule is Nc1[nH]ncc1-c1nc(-c2csc(Cl)c2)cs1. The van der Waals surface area contributed by atoms with Crippen LogP contribution in [0.15, 0.2) is 23.0 Å². The summed E-state index contributed by atoms with van der Waals surface area (Å²) in [6, 6.07) is 1.91. The second-order valence-corrected chi connectivity index (χ2v) is 5.78. The van der Waals surface area contributed by atoms with E-state index in [9.17, 15) is 0 Å². The first-order chi connectivity index (χ1) is 8.24. The minimum absolute atomic E-state index is 0.536. The quantitative estimate of drug-likeness (QED) is 0.756. The third kappa shape index (κ3) is 1.95. The van der Waals surface area contributed by atoms with E-state index in [-0.39, 0.29) is 0 Å². The van der Waals surface area contributed by atoms with Crippen molar-refractivity contribution in [3.8, 4) is 21.8 Å². The average molecular weight is 283 g/mol. The summed E-state index contributed by atoms with van der Waals surface area (Å²) in [6.07, 6.45) is 1.68. The zero-order valence-electron chi connectivity index (χ0n) is 8.48. The first kappa shape index (κ1) is 10.8. The predicted octanol–water partition coefficient (Wildman–Crippen LogP) is 3.50. The number of rotatable bonds is 2. The Morgan fingerprint density at radius 3 is 2.82 bits per heavy atom. The Balaban J connectivity index is 2.01. The summed E-state index contributed by atoms with van der Waals surface area (Å²) in [5.41, 5.74) is 8.53. The van der Waals surface area contributed by atoms with Gasteiger partial charge in [0.25, 0.3) is 0 Å². The van der Waals surface area contributed by atoms with Gasteiger partial charge in [0.05, 0.1) is 21.8 Å². The van der Waals surface area contributed by atoms with Crippen LogP contribution in [0.25, 0.3) is 21.8 Å². The number of nitrogen functional groups attached to an aromatic ring is 1. The van der Waals surface area contributed by atoms with E-state index in [4.69, 9.17) is 17.3 Å². The van der Waals surface area contributed by atoms with Crippen LogP contribution in [0.5, 0.6) is 0 Å². The Labute approximate surface area is 110 Å². The molecule has 0 bridgehead atoms. The topological polar surface area (TPSA) is 67.6 Å². The highest BCUT2D eigenvalue weighted by molar-refractivity contribution is 7.15. The molecule has 0 spiro atoms. The zero-order valence-corrected chi connectivity index (χ0v) is 10.9. The highest BCUT2D eigenvalue weighted by Crippen LogP contribution is 2.33. The number of halogens is 1. The molecular weight excluding hydrogens is 276 g/mol. The van der Waals surface area contributed by atoms with Gasteiger partial charge in [-0.05, 0) is 6.07 Å². The molecule has 7 heteroatoms. The first-order valence-corrected chi connectivity index (χ1v) is 6.87. The molecule has 3 aromatic heterocycles. The molecule has 3 aromatic rings. The van der Waals surface area contributed by atoms with E-state index in [0.717, 1.165) is 26.2 Å². The summed E-state index contributed by atoms with van der Waals surface area (Å²) >= 11 is 8.93. The molecule has 0 aliphatic heterocycles. The van der Waals surface area contributed by atoms with Crippen LogP contribution in [0.4, 0.5) is 5.82 Å². The molecule has 86 valence electrons. The van der Waals surface area contributed by atoms with Crippen LogP contribution in [-0.2, 0) is 0 Å². The number of nitrogens with two attached hydrogens (primary N) is 1. The fraction of sp³-hybridized carbons (Fsp3) is 0. The van der Waals surface area contributed by atoms with Crippen molar-refractivity contribution in [1.82, 2.24) is 15.2 Å². The fourth-order valence-electron chi connectivity index (χ4n) is 1.44. The lowest BCUT2D eigenvalue weighted by Crippen LogP contribution is -1.87. The van der Waals surface area contributed by atoms with Gasteiger partial charge in [0, 0.05) is 16.3 Å². The molecule has 3 rings (SSSR count). The molecular formula is C10H7ClN4S2. The van der Waals surface area contributed by atoms with Crippen molar-refractivity contribution in [3.05, 3.63) is 27.4 Å². The van der Waals surface area contributed by atoms with Crippen LogP contribution in [0.1, 0.15) is 0 Å². The maximum absolute atomic E-state index is 5.90. The summed E-state index contributed by atoms with van der Waals surface area (Å²) in [5.74, 6) is 0.536. The standard InChI is InChI=1S/C10H7ClN4S2/c11-8-1-5(3-16-8)7-4-17-10(14-7)6-2-13-15-9(6)12/h1-4H,(H3,12,13,15). The highest BCUT2D eigenvalue weighted by atomic mass is 35.5. The molecule has 0 atom stereocenters. The molecule has 0 aromatic carbocycles. The lowest BCUT2D eigenvalue weighted by Gasteiger charge is -1.91. The fourth-order valence-corrected chi connectivity index (χ4v) is 3.17. The van der Waals surface area contributed by atoms with Crippen molar-refractivity contribution < 1.29 is 0 Å². The molecule has 3 heterocycles. The van der Waals surface area contributed by atoms with E-state index >= 15 is 0 Å². The molecule has 0 fully saturated rings. The van der Waals surface area contributed by atoms with Crippen LogP contribution in [0, 0.1) is 0 Å². The van der Waals surface area contributed by atoms with Gasteiger partial charge < -0.3 is 5.73 Å². The molecule has 0 saturated heterocycles. The Kier molecular flexibility index (Phi) is 2.62. The molecule has 0 radical (unpaired) electrons. The number of hydrogen-bond donors (Lipinski definition) is 2. The smallest absolute Gasteiger partial charge is 0.129 e. The zero-order chi connectivity index (χ0) is 11.8. The molecule has 17 heavy (non-hydrogen) atoms. The number of anilines is 1. The number of hydrogen-bond acceptors (Lipinski definition) is 5. The maximum atomic E-state index is 5.90. The Morgan fingerprint density at radius 2 is 2.18 bits per heavy atom. The minimum atomic E-state index is 0.536. The number of aromatic amines is 1. The molecule has 0 saturated carbocycles. The second kappa shape index (κ2) is 4.14. The monoisotopic (exact) mass is 282 g/mol. The Morgan fingerprint density at radius 1 is 1.29 bits per heavy atom. The molecule has 0 amide bonds. The summed E-state index contributed by atoms with van der Waals surface area (Å²) in [5, 5.41) is 11.4. The summed E-state index contributed by atoms with van der Waals surface area (Å²) in [6.45, 7) is 0. The summed E-state index contributed by atoms with van der Waals surface area (Å²) in [4.78, 5) is 4.52. The second-order valence-electron chi connectivity index (χ2n) is 3.37. The van der Waals surface area contributed by atoms with E-state index in [0.29, 0.717) is 5.82 Å². The van der Waals surface area contributed by atoms with Gasteiger partial charge in [0.1, 0.15) is 10.8 Å². The lowest BCUT2D eigenvalue weighted by atomic mass is 10.3. The molecule has 0 unspecified atom stereocenters. The number of thiazole rings is 1. The molecule has 3 N–H and O–H groups in total. The van der Waals surface area contributed by atoms with Crippen molar-refractivity contribution >= 4 is 40.1 Å². The third-order valence-electron chi connectivity index (χ3n) is 2.27. The van der Waals surface area contributed by atoms with Gasteiger partial charge in [0.2, 0.25) is 0 Å². The Bertz CT molecular complexity index is 655. The van der Waals surface area contributed by atoms with Gasteiger partial charge in [-0.3, -0.25) is 5.10 Å². The Hall–Kier alpha value is -1.37.